The molecule has 104 valence electrons. The van der Waals surface area contributed by atoms with Crippen LogP contribution in [0.3, 0.4) is 0 Å². The molecule has 2 aliphatic heterocycles. The number of piperidine rings is 1. The number of nitrogens with one attached hydrogen (secondary N) is 1. The van der Waals surface area contributed by atoms with Gasteiger partial charge in [0.15, 0.2) is 0 Å². The highest BCUT2D eigenvalue weighted by molar-refractivity contribution is 5.45. The fraction of sp³-hybridized carbons (Fsp3) is 0.625. The van der Waals surface area contributed by atoms with Gasteiger partial charge in [-0.25, -0.2) is 0 Å². The molecular formula is C16H25N3. The van der Waals surface area contributed by atoms with Crippen molar-refractivity contribution in [3.8, 4) is 0 Å². The number of anilines is 1. The smallest absolute Gasteiger partial charge is 0.0342 e. The van der Waals surface area contributed by atoms with Crippen LogP contribution < -0.4 is 5.32 Å². The Morgan fingerprint density at radius 3 is 2.63 bits per heavy atom. The fourth-order valence-electron chi connectivity index (χ4n) is 3.43. The highest BCUT2D eigenvalue weighted by atomic mass is 15.2. The Balaban J connectivity index is 1.60. The van der Waals surface area contributed by atoms with Crippen molar-refractivity contribution in [1.29, 1.82) is 0 Å². The Hall–Kier alpha value is -1.06. The van der Waals surface area contributed by atoms with Crippen molar-refractivity contribution >= 4 is 5.69 Å². The van der Waals surface area contributed by atoms with Gasteiger partial charge in [0.1, 0.15) is 0 Å². The second kappa shape index (κ2) is 5.51. The van der Waals surface area contributed by atoms with Crippen LogP contribution in [-0.2, 0) is 6.54 Å². The van der Waals surface area contributed by atoms with Crippen molar-refractivity contribution in [3.63, 3.8) is 0 Å². The summed E-state index contributed by atoms with van der Waals surface area (Å²) in [5, 5.41) is 3.75. The Morgan fingerprint density at radius 1 is 1.16 bits per heavy atom. The maximum absolute atomic E-state index is 3.75. The van der Waals surface area contributed by atoms with Gasteiger partial charge in [-0.05, 0) is 57.1 Å². The zero-order valence-electron chi connectivity index (χ0n) is 12.1. The van der Waals surface area contributed by atoms with Crippen LogP contribution in [0.2, 0.25) is 0 Å². The minimum absolute atomic E-state index is 0.679. The van der Waals surface area contributed by atoms with E-state index in [-0.39, 0.29) is 0 Å². The van der Waals surface area contributed by atoms with Gasteiger partial charge in [0.25, 0.3) is 0 Å². The first-order valence-electron chi connectivity index (χ1n) is 7.43. The van der Waals surface area contributed by atoms with Gasteiger partial charge in [0.05, 0.1) is 0 Å². The predicted molar refractivity (Wildman–Crippen MR) is 80.4 cm³/mol. The summed E-state index contributed by atoms with van der Waals surface area (Å²) in [5.41, 5.74) is 2.67. The molecule has 3 rings (SSSR count). The SMILES string of the molecule is CN(C)Cc1ccc(NC2CCN3CCC2C3)cc1. The first kappa shape index (κ1) is 12.9. The van der Waals surface area contributed by atoms with Crippen LogP contribution in [0.4, 0.5) is 5.69 Å². The number of hydrogen-bond acceptors (Lipinski definition) is 3. The van der Waals surface area contributed by atoms with Crippen LogP contribution >= 0.6 is 0 Å². The van der Waals surface area contributed by atoms with E-state index in [1.807, 2.05) is 0 Å². The zero-order chi connectivity index (χ0) is 13.2. The normalized spacial score (nSPS) is 29.7. The van der Waals surface area contributed by atoms with Gasteiger partial charge in [-0.3, -0.25) is 0 Å². The fourth-order valence-corrected chi connectivity index (χ4v) is 3.43. The minimum Gasteiger partial charge on any atom is -0.382 e. The topological polar surface area (TPSA) is 18.5 Å². The van der Waals surface area contributed by atoms with E-state index in [0.29, 0.717) is 6.04 Å². The van der Waals surface area contributed by atoms with Crippen LogP contribution in [-0.4, -0.2) is 49.6 Å². The lowest BCUT2D eigenvalue weighted by atomic mass is 9.94. The Morgan fingerprint density at radius 2 is 1.89 bits per heavy atom. The summed E-state index contributed by atoms with van der Waals surface area (Å²) in [6.07, 6.45) is 2.67. The molecule has 1 N–H and O–H groups in total. The molecule has 0 spiro atoms. The second-order valence-electron chi connectivity index (χ2n) is 6.32. The van der Waals surface area contributed by atoms with E-state index in [9.17, 15) is 0 Å². The van der Waals surface area contributed by atoms with Gasteiger partial charge in [-0.2, -0.15) is 0 Å². The summed E-state index contributed by atoms with van der Waals surface area (Å²) in [4.78, 5) is 4.81. The van der Waals surface area contributed by atoms with E-state index in [4.69, 9.17) is 0 Å². The number of fused-ring (bicyclic) bond motifs is 2. The van der Waals surface area contributed by atoms with Crippen molar-refractivity contribution in [2.75, 3.05) is 39.0 Å². The highest BCUT2D eigenvalue weighted by Gasteiger charge is 2.33. The molecule has 0 radical (unpaired) electrons. The lowest BCUT2D eigenvalue weighted by molar-refractivity contribution is 0.255. The minimum atomic E-state index is 0.679. The molecule has 0 aromatic heterocycles. The lowest BCUT2D eigenvalue weighted by Gasteiger charge is -2.31. The quantitative estimate of drug-likeness (QED) is 0.895. The molecule has 3 heteroatoms. The van der Waals surface area contributed by atoms with Gasteiger partial charge in [0, 0.05) is 31.4 Å². The first-order valence-corrected chi connectivity index (χ1v) is 7.43. The van der Waals surface area contributed by atoms with E-state index in [0.717, 1.165) is 12.5 Å². The lowest BCUT2D eigenvalue weighted by Crippen LogP contribution is -2.39. The van der Waals surface area contributed by atoms with Gasteiger partial charge in [0.2, 0.25) is 0 Å². The number of rotatable bonds is 4. The molecule has 3 unspecified atom stereocenters. The zero-order valence-corrected chi connectivity index (χ0v) is 12.1. The van der Waals surface area contributed by atoms with Crippen molar-refractivity contribution < 1.29 is 0 Å². The number of benzene rings is 1. The van der Waals surface area contributed by atoms with Crippen molar-refractivity contribution in [2.45, 2.75) is 25.4 Å². The van der Waals surface area contributed by atoms with Crippen LogP contribution in [0.25, 0.3) is 0 Å². The summed E-state index contributed by atoms with van der Waals surface area (Å²) < 4.78 is 0. The van der Waals surface area contributed by atoms with Crippen molar-refractivity contribution in [1.82, 2.24) is 9.80 Å². The molecular weight excluding hydrogens is 234 g/mol. The van der Waals surface area contributed by atoms with Crippen LogP contribution in [0.1, 0.15) is 18.4 Å². The molecule has 1 aromatic rings. The molecule has 19 heavy (non-hydrogen) atoms. The van der Waals surface area contributed by atoms with Crippen LogP contribution in [0.15, 0.2) is 24.3 Å². The third-order valence-electron chi connectivity index (χ3n) is 4.44. The standard InChI is InChI=1S/C16H25N3/c1-18(2)11-13-3-5-15(6-4-13)17-16-8-10-19-9-7-14(16)12-19/h3-6,14,16-17H,7-12H2,1-2H3. The highest BCUT2D eigenvalue weighted by Crippen LogP contribution is 2.29. The molecule has 2 fully saturated rings. The van der Waals surface area contributed by atoms with E-state index in [1.54, 1.807) is 0 Å². The first-order chi connectivity index (χ1) is 9.20. The van der Waals surface area contributed by atoms with Gasteiger partial charge < -0.3 is 15.1 Å². The maximum atomic E-state index is 3.75. The summed E-state index contributed by atoms with van der Waals surface area (Å²) in [5.74, 6) is 0.857. The summed E-state index contributed by atoms with van der Waals surface area (Å²) in [6.45, 7) is 4.90. The van der Waals surface area contributed by atoms with Crippen molar-refractivity contribution in [3.05, 3.63) is 29.8 Å². The molecule has 3 nitrogen and oxygen atoms in total. The van der Waals surface area contributed by atoms with Crippen LogP contribution in [0, 0.1) is 5.92 Å². The number of hydrogen-bond donors (Lipinski definition) is 1. The van der Waals surface area contributed by atoms with Crippen molar-refractivity contribution in [2.24, 2.45) is 5.92 Å². The predicted octanol–water partition coefficient (Wildman–Crippen LogP) is 2.25. The third-order valence-corrected chi connectivity index (χ3v) is 4.44. The van der Waals surface area contributed by atoms with E-state index in [2.05, 4.69) is 53.5 Å². The van der Waals surface area contributed by atoms with Gasteiger partial charge in [-0.1, -0.05) is 12.1 Å². The second-order valence-corrected chi connectivity index (χ2v) is 6.32. The van der Waals surface area contributed by atoms with E-state index >= 15 is 0 Å². The molecule has 0 amide bonds. The summed E-state index contributed by atoms with van der Waals surface area (Å²) >= 11 is 0. The Bertz CT molecular complexity index is 413. The van der Waals surface area contributed by atoms with E-state index < -0.39 is 0 Å². The Kier molecular flexibility index (Phi) is 3.76. The van der Waals surface area contributed by atoms with E-state index in [1.165, 1.54) is 43.7 Å². The molecule has 2 aliphatic rings. The summed E-state index contributed by atoms with van der Waals surface area (Å²) in [6, 6.07) is 9.64. The molecule has 0 saturated carbocycles. The van der Waals surface area contributed by atoms with Gasteiger partial charge in [-0.15, -0.1) is 0 Å². The van der Waals surface area contributed by atoms with Crippen LogP contribution in [0.5, 0.6) is 0 Å². The molecule has 1 aromatic carbocycles. The average Bonchev–Trinajstić information content (AvgIpc) is 2.77. The molecule has 2 heterocycles. The molecule has 0 aliphatic carbocycles. The maximum Gasteiger partial charge on any atom is 0.0342 e. The molecule has 3 atom stereocenters. The number of nitrogens with zero attached hydrogens (tertiary/aromatic N) is 2. The third kappa shape index (κ3) is 3.10. The molecule has 2 saturated heterocycles. The Labute approximate surface area is 116 Å². The largest absolute Gasteiger partial charge is 0.382 e. The van der Waals surface area contributed by atoms with Gasteiger partial charge >= 0.3 is 0 Å². The summed E-state index contributed by atoms with van der Waals surface area (Å²) in [7, 11) is 4.22. The molecule has 2 bridgehead atoms. The average molecular weight is 259 g/mol. The monoisotopic (exact) mass is 259 g/mol.